The van der Waals surface area contributed by atoms with Crippen LogP contribution in [0.3, 0.4) is 0 Å². The van der Waals surface area contributed by atoms with Gasteiger partial charge in [0, 0.05) is 25.1 Å². The summed E-state index contributed by atoms with van der Waals surface area (Å²) in [5.41, 5.74) is 9.08. The summed E-state index contributed by atoms with van der Waals surface area (Å²) in [6, 6.07) is 0.156. The molecule has 1 aliphatic rings. The summed E-state index contributed by atoms with van der Waals surface area (Å²) in [5, 5.41) is 7.14. The zero-order valence-electron chi connectivity index (χ0n) is 15.6. The number of amides is 1. The number of nitrogens with two attached hydrogens (primary N) is 1. The molecule has 0 saturated carbocycles. The minimum Gasteiger partial charge on any atom is -0.382 e. The van der Waals surface area contributed by atoms with Gasteiger partial charge in [-0.2, -0.15) is 5.10 Å². The van der Waals surface area contributed by atoms with Crippen LogP contribution in [-0.2, 0) is 4.79 Å². The van der Waals surface area contributed by atoms with Crippen molar-refractivity contribution in [3.05, 3.63) is 30.1 Å². The first kappa shape index (κ1) is 18.6. The van der Waals surface area contributed by atoms with E-state index in [2.05, 4.69) is 33.8 Å². The Morgan fingerprint density at radius 2 is 2.04 bits per heavy atom. The lowest BCUT2D eigenvalue weighted by molar-refractivity contribution is -0.519. The molecule has 2 rings (SSSR count). The van der Waals surface area contributed by atoms with Crippen molar-refractivity contribution >= 4 is 28.8 Å². The third-order valence-corrected chi connectivity index (χ3v) is 3.96. The first-order valence-electron chi connectivity index (χ1n) is 8.58. The van der Waals surface area contributed by atoms with Gasteiger partial charge in [-0.3, -0.25) is 4.79 Å². The van der Waals surface area contributed by atoms with Crippen molar-refractivity contribution in [1.29, 1.82) is 0 Å². The zero-order chi connectivity index (χ0) is 18.6. The second kappa shape index (κ2) is 7.92. The molecule has 25 heavy (non-hydrogen) atoms. The molecule has 1 aliphatic carbocycles. The van der Waals surface area contributed by atoms with Crippen LogP contribution < -0.4 is 11.1 Å². The van der Waals surface area contributed by atoms with E-state index in [9.17, 15) is 4.79 Å². The molecule has 3 N–H and O–H groups in total. The van der Waals surface area contributed by atoms with Gasteiger partial charge in [0.05, 0.1) is 17.6 Å². The molecule has 0 saturated heterocycles. The number of carbonyl (C=O) groups is 1. The minimum atomic E-state index is -0.140. The van der Waals surface area contributed by atoms with Crippen molar-refractivity contribution in [2.24, 2.45) is 4.99 Å². The van der Waals surface area contributed by atoms with Gasteiger partial charge < -0.3 is 11.1 Å². The number of aromatic nitrogens is 2. The highest BCUT2D eigenvalue weighted by Crippen LogP contribution is 2.25. The summed E-state index contributed by atoms with van der Waals surface area (Å²) in [6.45, 7) is 11.5. The van der Waals surface area contributed by atoms with Crippen molar-refractivity contribution in [2.45, 2.75) is 40.7 Å². The first-order chi connectivity index (χ1) is 11.9. The summed E-state index contributed by atoms with van der Waals surface area (Å²) in [4.78, 5) is 16.2. The SMILES string of the molecule is CC[N+](CC)=C1C=C/C(=N/c2cnn(C(C)C)c2N)C(NC(C)=O)=C1. The molecule has 0 unspecified atom stereocenters. The number of allylic oxidation sites excluding steroid dienone is 3. The first-order valence-corrected chi connectivity index (χ1v) is 8.58. The van der Waals surface area contributed by atoms with Gasteiger partial charge in [0.2, 0.25) is 11.6 Å². The molecule has 0 atom stereocenters. The molecule has 7 heteroatoms. The van der Waals surface area contributed by atoms with E-state index < -0.39 is 0 Å². The Morgan fingerprint density at radius 1 is 1.36 bits per heavy atom. The second-order valence-electron chi connectivity index (χ2n) is 6.12. The van der Waals surface area contributed by atoms with Gasteiger partial charge in [0.25, 0.3) is 0 Å². The average Bonchev–Trinajstić information content (AvgIpc) is 2.91. The fourth-order valence-electron chi connectivity index (χ4n) is 2.69. The molecule has 1 amide bonds. The van der Waals surface area contributed by atoms with E-state index in [1.54, 1.807) is 10.9 Å². The maximum atomic E-state index is 11.6. The van der Waals surface area contributed by atoms with Gasteiger partial charge in [-0.15, -0.1) is 0 Å². The van der Waals surface area contributed by atoms with Crippen LogP contribution in [0.25, 0.3) is 0 Å². The molecular formula is C18H27N6O+. The van der Waals surface area contributed by atoms with Crippen LogP contribution in [0.2, 0.25) is 0 Å². The number of nitrogens with one attached hydrogen (secondary N) is 1. The smallest absolute Gasteiger partial charge is 0.221 e. The van der Waals surface area contributed by atoms with Gasteiger partial charge >= 0.3 is 0 Å². The van der Waals surface area contributed by atoms with Crippen molar-refractivity contribution < 1.29 is 9.37 Å². The van der Waals surface area contributed by atoms with Crippen LogP contribution >= 0.6 is 0 Å². The lowest BCUT2D eigenvalue weighted by atomic mass is 10.1. The number of anilines is 1. The monoisotopic (exact) mass is 343 g/mol. The standard InChI is InChI=1S/C18H26N6O/c1-6-23(7-2)14-8-9-15(16(10-14)21-13(5)25)22-17-11-20-24(12(3)4)18(17)19/h8-12H,6-7H2,1-5H3,(H2,19,20,21,25)/p+1. The Hall–Kier alpha value is -2.70. The molecule has 1 aromatic heterocycles. The molecule has 0 spiro atoms. The second-order valence-corrected chi connectivity index (χ2v) is 6.12. The van der Waals surface area contributed by atoms with E-state index >= 15 is 0 Å². The third-order valence-electron chi connectivity index (χ3n) is 3.96. The zero-order valence-corrected chi connectivity index (χ0v) is 15.6. The van der Waals surface area contributed by atoms with Gasteiger partial charge in [0.15, 0.2) is 0 Å². The molecule has 0 radical (unpaired) electrons. The maximum Gasteiger partial charge on any atom is 0.221 e. The quantitative estimate of drug-likeness (QED) is 0.634. The summed E-state index contributed by atoms with van der Waals surface area (Å²) < 4.78 is 3.93. The number of hydrogen-bond acceptors (Lipinski definition) is 4. The van der Waals surface area contributed by atoms with E-state index in [1.165, 1.54) is 6.92 Å². The summed E-state index contributed by atoms with van der Waals surface area (Å²) in [6.07, 6.45) is 7.48. The van der Waals surface area contributed by atoms with E-state index in [-0.39, 0.29) is 11.9 Å². The maximum absolute atomic E-state index is 11.6. The van der Waals surface area contributed by atoms with Crippen LogP contribution in [-0.4, -0.2) is 44.8 Å². The molecule has 0 aromatic carbocycles. The summed E-state index contributed by atoms with van der Waals surface area (Å²) in [7, 11) is 0. The van der Waals surface area contributed by atoms with Gasteiger partial charge in [0.1, 0.15) is 24.6 Å². The van der Waals surface area contributed by atoms with Crippen LogP contribution in [0.4, 0.5) is 11.5 Å². The fourth-order valence-corrected chi connectivity index (χ4v) is 2.69. The van der Waals surface area contributed by atoms with Crippen molar-refractivity contribution in [2.75, 3.05) is 18.8 Å². The molecule has 134 valence electrons. The van der Waals surface area contributed by atoms with Gasteiger partial charge in [-0.25, -0.2) is 14.2 Å². The molecule has 7 nitrogen and oxygen atoms in total. The van der Waals surface area contributed by atoms with Gasteiger partial charge in [-0.05, 0) is 33.8 Å². The summed E-state index contributed by atoms with van der Waals surface area (Å²) >= 11 is 0. The lowest BCUT2D eigenvalue weighted by Crippen LogP contribution is -2.29. The number of nitrogens with zero attached hydrogens (tertiary/aromatic N) is 4. The van der Waals surface area contributed by atoms with E-state index in [0.717, 1.165) is 18.8 Å². The molecule has 0 fully saturated rings. The Kier molecular flexibility index (Phi) is 5.90. The van der Waals surface area contributed by atoms with Crippen LogP contribution in [0.5, 0.6) is 0 Å². The van der Waals surface area contributed by atoms with Crippen LogP contribution in [0, 0.1) is 0 Å². The van der Waals surface area contributed by atoms with Crippen LogP contribution in [0.15, 0.2) is 35.1 Å². The Labute approximate surface area is 148 Å². The highest BCUT2D eigenvalue weighted by molar-refractivity contribution is 6.21. The Balaban J connectivity index is 2.47. The molecular weight excluding hydrogens is 316 g/mol. The predicted octanol–water partition coefficient (Wildman–Crippen LogP) is 2.20. The molecule has 0 bridgehead atoms. The lowest BCUT2D eigenvalue weighted by Gasteiger charge is -2.13. The van der Waals surface area contributed by atoms with Gasteiger partial charge in [-0.1, -0.05) is 0 Å². The van der Waals surface area contributed by atoms with E-state index in [1.807, 2.05) is 32.1 Å². The van der Waals surface area contributed by atoms with E-state index in [4.69, 9.17) is 5.73 Å². The third kappa shape index (κ3) is 4.23. The topological polar surface area (TPSA) is 88.3 Å². The van der Waals surface area contributed by atoms with Crippen molar-refractivity contribution in [1.82, 2.24) is 15.1 Å². The Morgan fingerprint density at radius 3 is 2.56 bits per heavy atom. The molecule has 1 aromatic rings. The highest BCUT2D eigenvalue weighted by atomic mass is 16.1. The fraction of sp³-hybridized carbons (Fsp3) is 0.444. The molecule has 1 heterocycles. The van der Waals surface area contributed by atoms with Crippen molar-refractivity contribution in [3.63, 3.8) is 0 Å². The average molecular weight is 343 g/mol. The van der Waals surface area contributed by atoms with Crippen molar-refractivity contribution in [3.8, 4) is 0 Å². The normalized spacial score (nSPS) is 15.7. The number of carbonyl (C=O) groups excluding carboxylic acids is 1. The Bertz CT molecular complexity index is 773. The number of hydrogen-bond donors (Lipinski definition) is 2. The minimum absolute atomic E-state index is 0.140. The highest BCUT2D eigenvalue weighted by Gasteiger charge is 2.18. The summed E-state index contributed by atoms with van der Waals surface area (Å²) in [5.74, 6) is 0.371. The molecule has 0 aliphatic heterocycles. The number of aliphatic imine (C=N–C) groups is 1. The van der Waals surface area contributed by atoms with E-state index in [0.29, 0.717) is 22.9 Å². The van der Waals surface area contributed by atoms with Crippen LogP contribution in [0.1, 0.15) is 40.7 Å². The largest absolute Gasteiger partial charge is 0.382 e. The number of nitrogen functional groups attached to an aromatic ring is 1. The predicted molar refractivity (Wildman–Crippen MR) is 102 cm³/mol. The number of rotatable bonds is 5.